The first-order valence-electron chi connectivity index (χ1n) is 8.14. The SMILES string of the molecule is CC(Oc1ccc(Cl)cc1Cl)C(=O)NNC(=S)NC(=O)COc1ccc(Br)cc1. The van der Waals surface area contributed by atoms with E-state index in [9.17, 15) is 9.59 Å². The van der Waals surface area contributed by atoms with Crippen LogP contribution in [0.2, 0.25) is 10.0 Å². The van der Waals surface area contributed by atoms with Crippen LogP contribution in [0.25, 0.3) is 0 Å². The number of hydrogen-bond acceptors (Lipinski definition) is 5. The minimum atomic E-state index is -0.889. The summed E-state index contributed by atoms with van der Waals surface area (Å²) < 4.78 is 11.7. The lowest BCUT2D eigenvalue weighted by molar-refractivity contribution is -0.128. The number of carbonyl (C=O) groups excluding carboxylic acids is 2. The third-order valence-corrected chi connectivity index (χ3v) is 4.57. The molecule has 1 atom stereocenters. The van der Waals surface area contributed by atoms with Crippen LogP contribution in [-0.2, 0) is 9.59 Å². The van der Waals surface area contributed by atoms with Gasteiger partial charge < -0.3 is 9.47 Å². The van der Waals surface area contributed by atoms with Crippen molar-refractivity contribution in [2.45, 2.75) is 13.0 Å². The molecule has 2 aromatic carbocycles. The number of nitrogens with one attached hydrogen (secondary N) is 3. The molecular formula is C18H16BrCl2N3O4S. The maximum absolute atomic E-state index is 12.1. The summed E-state index contributed by atoms with van der Waals surface area (Å²) in [6.45, 7) is 1.28. The predicted molar refractivity (Wildman–Crippen MR) is 118 cm³/mol. The van der Waals surface area contributed by atoms with Crippen molar-refractivity contribution in [1.29, 1.82) is 0 Å². The first kappa shape index (κ1) is 23.2. The van der Waals surface area contributed by atoms with Crippen LogP contribution in [0.1, 0.15) is 6.92 Å². The number of benzene rings is 2. The summed E-state index contributed by atoms with van der Waals surface area (Å²) in [6, 6.07) is 11.6. The van der Waals surface area contributed by atoms with Crippen molar-refractivity contribution in [3.8, 4) is 11.5 Å². The van der Waals surface area contributed by atoms with Crippen molar-refractivity contribution in [3.05, 3.63) is 57.0 Å². The minimum absolute atomic E-state index is 0.0977. The molecule has 2 amide bonds. The second kappa shape index (κ2) is 11.2. The van der Waals surface area contributed by atoms with Crippen LogP contribution in [0.4, 0.5) is 0 Å². The first-order chi connectivity index (χ1) is 13.7. The Bertz CT molecular complexity index is 899. The van der Waals surface area contributed by atoms with Gasteiger partial charge >= 0.3 is 0 Å². The van der Waals surface area contributed by atoms with E-state index in [2.05, 4.69) is 32.1 Å². The lowest BCUT2D eigenvalue weighted by atomic mass is 10.3. The van der Waals surface area contributed by atoms with Gasteiger partial charge in [-0.15, -0.1) is 0 Å². The molecule has 11 heteroatoms. The Morgan fingerprint density at radius 1 is 1.14 bits per heavy atom. The van der Waals surface area contributed by atoms with Gasteiger partial charge in [0.05, 0.1) is 5.02 Å². The van der Waals surface area contributed by atoms with Gasteiger partial charge in [0.15, 0.2) is 17.8 Å². The van der Waals surface area contributed by atoms with Gasteiger partial charge in [0.25, 0.3) is 11.8 Å². The molecule has 2 rings (SSSR count). The molecule has 0 aliphatic heterocycles. The fourth-order valence-corrected chi connectivity index (χ4v) is 2.79. The molecule has 0 aliphatic carbocycles. The normalized spacial score (nSPS) is 11.2. The van der Waals surface area contributed by atoms with Crippen molar-refractivity contribution in [1.82, 2.24) is 16.2 Å². The Kier molecular flexibility index (Phi) is 8.97. The number of ether oxygens (including phenoxy) is 2. The molecule has 0 heterocycles. The van der Waals surface area contributed by atoms with Gasteiger partial charge in [-0.25, -0.2) is 0 Å². The van der Waals surface area contributed by atoms with Gasteiger partial charge in [-0.1, -0.05) is 39.1 Å². The third-order valence-electron chi connectivity index (χ3n) is 3.30. The fourth-order valence-electron chi connectivity index (χ4n) is 1.91. The Balaban J connectivity index is 1.72. The predicted octanol–water partition coefficient (Wildman–Crippen LogP) is 3.62. The van der Waals surface area contributed by atoms with Crippen molar-refractivity contribution in [3.63, 3.8) is 0 Å². The summed E-state index contributed by atoms with van der Waals surface area (Å²) in [6.07, 6.45) is -0.889. The second-order valence-corrected chi connectivity index (χ2v) is 7.74. The quantitative estimate of drug-likeness (QED) is 0.398. The van der Waals surface area contributed by atoms with Gasteiger partial charge in [0.1, 0.15) is 11.5 Å². The number of thiocarbonyl (C=S) groups is 1. The molecule has 0 aromatic heterocycles. The fraction of sp³-hybridized carbons (Fsp3) is 0.167. The van der Waals surface area contributed by atoms with E-state index in [0.717, 1.165) is 4.47 Å². The summed E-state index contributed by atoms with van der Waals surface area (Å²) in [7, 11) is 0. The molecule has 3 N–H and O–H groups in total. The van der Waals surface area contributed by atoms with Crippen LogP contribution in [0.3, 0.4) is 0 Å². The Morgan fingerprint density at radius 2 is 1.83 bits per heavy atom. The molecule has 0 radical (unpaired) electrons. The van der Waals surface area contributed by atoms with Crippen LogP contribution in [0, 0.1) is 0 Å². The number of rotatable bonds is 6. The van der Waals surface area contributed by atoms with Crippen LogP contribution in [-0.4, -0.2) is 29.6 Å². The maximum Gasteiger partial charge on any atom is 0.279 e. The van der Waals surface area contributed by atoms with E-state index in [0.29, 0.717) is 16.5 Å². The average molecular weight is 521 g/mol. The van der Waals surface area contributed by atoms with Crippen molar-refractivity contribution < 1.29 is 19.1 Å². The number of hydrazine groups is 1. The molecule has 2 aromatic rings. The minimum Gasteiger partial charge on any atom is -0.484 e. The smallest absolute Gasteiger partial charge is 0.279 e. The lowest BCUT2D eigenvalue weighted by Gasteiger charge is -2.17. The molecule has 154 valence electrons. The molecule has 0 saturated carbocycles. The average Bonchev–Trinajstić information content (AvgIpc) is 2.67. The highest BCUT2D eigenvalue weighted by atomic mass is 79.9. The van der Waals surface area contributed by atoms with Gasteiger partial charge in [-0.2, -0.15) is 0 Å². The summed E-state index contributed by atoms with van der Waals surface area (Å²) in [5, 5.41) is 3.01. The summed E-state index contributed by atoms with van der Waals surface area (Å²) in [4.78, 5) is 23.9. The van der Waals surface area contributed by atoms with E-state index in [1.165, 1.54) is 13.0 Å². The number of halogens is 3. The molecule has 0 saturated heterocycles. The van der Waals surface area contributed by atoms with E-state index in [1.54, 1.807) is 36.4 Å². The van der Waals surface area contributed by atoms with Gasteiger partial charge in [0.2, 0.25) is 0 Å². The van der Waals surface area contributed by atoms with Gasteiger partial charge in [-0.3, -0.25) is 25.8 Å². The maximum atomic E-state index is 12.1. The summed E-state index contributed by atoms with van der Waals surface area (Å²) in [5.41, 5.74) is 4.75. The Labute approximate surface area is 191 Å². The van der Waals surface area contributed by atoms with Crippen molar-refractivity contribution >= 4 is 68.3 Å². The molecule has 7 nitrogen and oxygen atoms in total. The highest BCUT2D eigenvalue weighted by Gasteiger charge is 2.17. The summed E-state index contributed by atoms with van der Waals surface area (Å²) >= 11 is 20.1. The van der Waals surface area contributed by atoms with E-state index in [-0.39, 0.29) is 16.7 Å². The summed E-state index contributed by atoms with van der Waals surface area (Å²) in [5.74, 6) is -0.183. The molecule has 1 unspecified atom stereocenters. The van der Waals surface area contributed by atoms with E-state index in [4.69, 9.17) is 44.9 Å². The third kappa shape index (κ3) is 8.06. The Hall–Kier alpha value is -2.07. The second-order valence-electron chi connectivity index (χ2n) is 5.57. The highest BCUT2D eigenvalue weighted by molar-refractivity contribution is 9.10. The largest absolute Gasteiger partial charge is 0.484 e. The van der Waals surface area contributed by atoms with Crippen LogP contribution in [0.5, 0.6) is 11.5 Å². The standard InChI is InChI=1S/C18H16BrCl2N3O4S/c1-10(28-15-7-4-12(20)8-14(15)21)17(26)23-24-18(29)22-16(25)9-27-13-5-2-11(19)3-6-13/h2-8,10H,9H2,1H3,(H,23,26)(H2,22,24,25,29). The lowest BCUT2D eigenvalue weighted by Crippen LogP contribution is -2.52. The van der Waals surface area contributed by atoms with Crippen LogP contribution in [0.15, 0.2) is 46.9 Å². The number of amides is 2. The van der Waals surface area contributed by atoms with E-state index < -0.39 is 17.9 Å². The van der Waals surface area contributed by atoms with Crippen LogP contribution >= 0.6 is 51.3 Å². The topological polar surface area (TPSA) is 88.7 Å². The molecule has 0 bridgehead atoms. The zero-order chi connectivity index (χ0) is 21.4. The molecule has 29 heavy (non-hydrogen) atoms. The van der Waals surface area contributed by atoms with E-state index in [1.807, 2.05) is 0 Å². The van der Waals surface area contributed by atoms with Crippen LogP contribution < -0.4 is 25.6 Å². The zero-order valence-corrected chi connectivity index (χ0v) is 18.9. The molecular weight excluding hydrogens is 505 g/mol. The molecule has 0 fully saturated rings. The number of carbonyl (C=O) groups is 2. The highest BCUT2D eigenvalue weighted by Crippen LogP contribution is 2.28. The van der Waals surface area contributed by atoms with E-state index >= 15 is 0 Å². The first-order valence-corrected chi connectivity index (χ1v) is 10.1. The monoisotopic (exact) mass is 519 g/mol. The van der Waals surface area contributed by atoms with Gasteiger partial charge in [0, 0.05) is 9.50 Å². The Morgan fingerprint density at radius 3 is 2.48 bits per heavy atom. The van der Waals surface area contributed by atoms with Crippen molar-refractivity contribution in [2.24, 2.45) is 0 Å². The molecule has 0 aliphatic rings. The molecule has 0 spiro atoms. The zero-order valence-electron chi connectivity index (χ0n) is 15.0. The van der Waals surface area contributed by atoms with Gasteiger partial charge in [-0.05, 0) is 61.6 Å². The number of hydrogen-bond donors (Lipinski definition) is 3. The van der Waals surface area contributed by atoms with Crippen molar-refractivity contribution in [2.75, 3.05) is 6.61 Å².